The molecule has 0 unspecified atom stereocenters. The van der Waals surface area contributed by atoms with E-state index >= 15 is 4.39 Å². The van der Waals surface area contributed by atoms with Crippen molar-refractivity contribution < 1.29 is 54.2 Å². The molecule has 248 valence electrons. The molecule has 0 amide bonds. The molecule has 4 aromatic rings. The summed E-state index contributed by atoms with van der Waals surface area (Å²) in [5, 5.41) is 6.44. The van der Waals surface area contributed by atoms with Crippen LogP contribution >= 0.6 is 0 Å². The van der Waals surface area contributed by atoms with E-state index in [0.29, 0.717) is 44.0 Å². The van der Waals surface area contributed by atoms with Crippen LogP contribution in [0.3, 0.4) is 0 Å². The van der Waals surface area contributed by atoms with Crippen LogP contribution in [-0.4, -0.2) is 31.8 Å². The van der Waals surface area contributed by atoms with E-state index in [1.807, 2.05) is 0 Å². The van der Waals surface area contributed by atoms with Gasteiger partial charge in [-0.1, -0.05) is 0 Å². The van der Waals surface area contributed by atoms with E-state index in [1.165, 1.54) is 13.0 Å². The molecule has 0 saturated heterocycles. The molecular weight excluding hydrogens is 645 g/mol. The predicted octanol–water partition coefficient (Wildman–Crippen LogP) is 6.58. The number of H-pyrrole nitrogens is 1. The maximum Gasteiger partial charge on any atom is 0.586 e. The van der Waals surface area contributed by atoms with Crippen LogP contribution in [0.4, 0.5) is 30.7 Å². The number of aromatic nitrogens is 4. The number of nitrogens with zero attached hydrogens (tertiary/aromatic N) is 3. The van der Waals surface area contributed by atoms with Crippen molar-refractivity contribution in [1.82, 2.24) is 19.9 Å². The monoisotopic (exact) mass is 668 g/mol. The Hall–Kier alpha value is -4.54. The Balaban J connectivity index is 1.10. The van der Waals surface area contributed by atoms with Crippen molar-refractivity contribution >= 4 is 0 Å². The molecular formula is C30H23F7N4O6. The summed E-state index contributed by atoms with van der Waals surface area (Å²) < 4.78 is 126. The highest BCUT2D eigenvalue weighted by atomic mass is 19.4. The Kier molecular flexibility index (Phi) is 6.19. The molecule has 2 bridgehead atoms. The highest BCUT2D eigenvalue weighted by molar-refractivity contribution is 5.48. The molecule has 2 aromatic carbocycles. The van der Waals surface area contributed by atoms with Gasteiger partial charge in [0.05, 0.1) is 17.0 Å². The predicted molar refractivity (Wildman–Crippen MR) is 142 cm³/mol. The van der Waals surface area contributed by atoms with E-state index in [9.17, 15) is 31.1 Å². The molecule has 3 fully saturated rings. The second-order valence-corrected chi connectivity index (χ2v) is 12.4. The van der Waals surface area contributed by atoms with Crippen molar-refractivity contribution in [2.75, 3.05) is 0 Å². The van der Waals surface area contributed by atoms with Gasteiger partial charge in [-0.3, -0.25) is 0 Å². The average molecular weight is 669 g/mol. The zero-order chi connectivity index (χ0) is 33.1. The summed E-state index contributed by atoms with van der Waals surface area (Å²) >= 11 is 0. The van der Waals surface area contributed by atoms with E-state index < -0.39 is 76.0 Å². The van der Waals surface area contributed by atoms with Crippen molar-refractivity contribution in [3.63, 3.8) is 0 Å². The van der Waals surface area contributed by atoms with Crippen LogP contribution in [-0.2, 0) is 22.7 Å². The van der Waals surface area contributed by atoms with Crippen molar-refractivity contribution in [1.29, 1.82) is 0 Å². The van der Waals surface area contributed by atoms with Gasteiger partial charge in [0.15, 0.2) is 34.6 Å². The second kappa shape index (κ2) is 9.74. The van der Waals surface area contributed by atoms with E-state index in [1.54, 1.807) is 0 Å². The first-order valence-corrected chi connectivity index (χ1v) is 14.6. The largest absolute Gasteiger partial charge is 0.586 e. The Morgan fingerprint density at radius 1 is 1.06 bits per heavy atom. The fourth-order valence-electron chi connectivity index (χ4n) is 7.28. The van der Waals surface area contributed by atoms with E-state index in [-0.39, 0.29) is 28.9 Å². The first kappa shape index (κ1) is 29.8. The summed E-state index contributed by atoms with van der Waals surface area (Å²) in [7, 11) is 0. The minimum atomic E-state index is -4.79. The topological polar surface area (TPSA) is 114 Å². The molecule has 1 aliphatic heterocycles. The number of fused-ring (bicyclic) bond motifs is 2. The van der Waals surface area contributed by atoms with Gasteiger partial charge in [0, 0.05) is 28.7 Å². The van der Waals surface area contributed by atoms with Crippen molar-refractivity contribution in [3.8, 4) is 22.9 Å². The van der Waals surface area contributed by atoms with Gasteiger partial charge in [-0.05, 0) is 63.6 Å². The smallest absolute Gasteiger partial charge is 0.483 e. The number of rotatable bonds is 7. The first-order chi connectivity index (χ1) is 22.1. The number of hydrogen-bond acceptors (Lipinski definition) is 8. The van der Waals surface area contributed by atoms with Gasteiger partial charge >= 0.3 is 18.2 Å². The zero-order valence-electron chi connectivity index (χ0n) is 24.2. The Bertz CT molecular complexity index is 1970. The summed E-state index contributed by atoms with van der Waals surface area (Å²) in [6, 6.07) is 4.95. The van der Waals surface area contributed by atoms with Crippen molar-refractivity contribution in [2.24, 2.45) is 0 Å². The Morgan fingerprint density at radius 3 is 2.47 bits per heavy atom. The third-order valence-electron chi connectivity index (χ3n) is 9.23. The summed E-state index contributed by atoms with van der Waals surface area (Å²) in [6.07, 6.45) is -8.45. The van der Waals surface area contributed by atoms with Gasteiger partial charge < -0.3 is 23.5 Å². The molecule has 3 heterocycles. The summed E-state index contributed by atoms with van der Waals surface area (Å²) in [5.41, 5.74) is -2.23. The molecule has 4 aliphatic carbocycles. The third kappa shape index (κ3) is 4.76. The van der Waals surface area contributed by atoms with Crippen molar-refractivity contribution in [2.45, 2.75) is 81.1 Å². The Morgan fingerprint density at radius 2 is 1.79 bits per heavy atom. The van der Waals surface area contributed by atoms with Gasteiger partial charge in [0.2, 0.25) is 0 Å². The van der Waals surface area contributed by atoms with Gasteiger partial charge in [-0.2, -0.15) is 23.3 Å². The molecule has 0 radical (unpaired) electrons. The molecule has 0 spiro atoms. The highest BCUT2D eigenvalue weighted by Gasteiger charge is 2.72. The molecule has 2 atom stereocenters. The summed E-state index contributed by atoms with van der Waals surface area (Å²) in [6.45, 7) is 1.33. The minimum absolute atomic E-state index is 0.0240. The third-order valence-corrected chi connectivity index (χ3v) is 9.23. The molecule has 17 heteroatoms. The Labute approximate surface area is 259 Å². The standard InChI is InChI=1S/C30H23F7N4O6/c1-13(16-8-21-22(9-18(16)32)46-30(36,37)45-21)43-20-7-14(5-6-17(20)31)41-23-15(24(39-41)29(33,34)35)3-2-4-19(23)44-28-10-27(11-28,12-28)25-38-26(42)47-40-25/h5-9,13,19H,2-4,10-12H2,1H3,(H,38,40,42)/t13-,19+,27?,28?/m0/s1. The zero-order valence-corrected chi connectivity index (χ0v) is 24.2. The van der Waals surface area contributed by atoms with Crippen LogP contribution in [0, 0.1) is 11.6 Å². The number of aromatic amines is 1. The quantitative estimate of drug-likeness (QED) is 0.220. The normalized spacial score (nSPS) is 25.9. The van der Waals surface area contributed by atoms with Crippen LogP contribution in [0.15, 0.2) is 39.6 Å². The fourth-order valence-corrected chi connectivity index (χ4v) is 7.28. The van der Waals surface area contributed by atoms with Gasteiger partial charge in [0.25, 0.3) is 0 Å². The first-order valence-electron chi connectivity index (χ1n) is 14.6. The average Bonchev–Trinajstić information content (AvgIpc) is 3.64. The lowest BCUT2D eigenvalue weighted by molar-refractivity contribution is -0.286. The molecule has 1 N–H and O–H groups in total. The number of ether oxygens (including phenoxy) is 4. The van der Waals surface area contributed by atoms with Crippen molar-refractivity contribution in [3.05, 3.63) is 80.9 Å². The van der Waals surface area contributed by atoms with Crippen LogP contribution < -0.4 is 20.0 Å². The minimum Gasteiger partial charge on any atom is -0.483 e. The lowest BCUT2D eigenvalue weighted by Crippen LogP contribution is -2.71. The van der Waals surface area contributed by atoms with Crippen LogP contribution in [0.1, 0.15) is 79.6 Å². The number of hydrogen-bond donors (Lipinski definition) is 1. The maximum atomic E-state index is 15.0. The number of benzene rings is 2. The number of alkyl halides is 5. The lowest BCUT2D eigenvalue weighted by atomic mass is 9.40. The molecule has 3 saturated carbocycles. The molecule has 9 rings (SSSR count). The molecule has 10 nitrogen and oxygen atoms in total. The van der Waals surface area contributed by atoms with Crippen LogP contribution in [0.25, 0.3) is 5.69 Å². The fraction of sp³-hybridized carbons (Fsp3) is 0.433. The number of nitrogens with one attached hydrogen (secondary N) is 1. The SMILES string of the molecule is C[C@H](Oc1cc(-n2nc(C(F)(F)F)c3c2[C@H](OC24CC(c5nc(=O)o[nH]5)(C2)C4)CCC3)ccc1F)c1cc2c(cc1F)OC(F)(F)O2. The van der Waals surface area contributed by atoms with Crippen LogP contribution in [0.2, 0.25) is 0 Å². The summed E-state index contributed by atoms with van der Waals surface area (Å²) in [5.74, 6) is -3.67. The number of halogens is 7. The molecule has 2 aromatic heterocycles. The van der Waals surface area contributed by atoms with E-state index in [2.05, 4.69) is 24.7 Å². The van der Waals surface area contributed by atoms with Gasteiger partial charge in [-0.15, -0.1) is 8.78 Å². The highest BCUT2D eigenvalue weighted by Crippen LogP contribution is 2.70. The second-order valence-electron chi connectivity index (χ2n) is 12.4. The maximum absolute atomic E-state index is 15.0. The van der Waals surface area contributed by atoms with E-state index in [4.69, 9.17) is 14.0 Å². The lowest BCUT2D eigenvalue weighted by Gasteiger charge is -2.69. The van der Waals surface area contributed by atoms with Gasteiger partial charge in [0.1, 0.15) is 18.0 Å². The summed E-state index contributed by atoms with van der Waals surface area (Å²) in [4.78, 5) is 15.3. The van der Waals surface area contributed by atoms with E-state index in [0.717, 1.165) is 22.9 Å². The molecule has 47 heavy (non-hydrogen) atoms. The van der Waals surface area contributed by atoms with Crippen LogP contribution in [0.5, 0.6) is 17.2 Å². The molecule has 5 aliphatic rings. The van der Waals surface area contributed by atoms with Gasteiger partial charge in [-0.25, -0.2) is 23.4 Å².